The first-order valence-electron chi connectivity index (χ1n) is 9.34. The quantitative estimate of drug-likeness (QED) is 0.346. The second kappa shape index (κ2) is 9.51. The highest BCUT2D eigenvalue weighted by Gasteiger charge is 2.16. The van der Waals surface area contributed by atoms with Crippen LogP contribution in [0.2, 0.25) is 0 Å². The molecule has 3 rings (SSSR count). The van der Waals surface area contributed by atoms with Gasteiger partial charge in [0, 0.05) is 11.6 Å². The minimum atomic E-state index is -0.547. The lowest BCUT2D eigenvalue weighted by Gasteiger charge is -2.10. The molecule has 0 aromatic heterocycles. The van der Waals surface area contributed by atoms with Crippen molar-refractivity contribution in [1.29, 1.82) is 0 Å². The van der Waals surface area contributed by atoms with Crippen molar-refractivity contribution in [1.82, 2.24) is 5.43 Å². The fraction of sp³-hybridized carbons (Fsp3) is 0.182. The first-order valence-corrected chi connectivity index (χ1v) is 9.34. The number of nitro benzene ring substituents is 1. The molecule has 0 saturated carbocycles. The van der Waals surface area contributed by atoms with E-state index in [0.717, 1.165) is 21.9 Å². The molecule has 1 amide bonds. The number of nitrogens with zero attached hydrogens (tertiary/aromatic N) is 2. The van der Waals surface area contributed by atoms with E-state index in [1.807, 2.05) is 43.3 Å². The standard InChI is InChI=1S/C22H21N3O5/c1-3-29-20-11-9-16-6-4-5-7-17(16)18(20)13-23-24-22(26)14-30-21-10-8-15(2)12-19(21)25(27)28/h4-13H,3,14H2,1-2H3,(H,24,26)/b23-13+. The van der Waals surface area contributed by atoms with E-state index in [2.05, 4.69) is 10.5 Å². The zero-order valence-corrected chi connectivity index (χ0v) is 16.6. The predicted molar refractivity (Wildman–Crippen MR) is 114 cm³/mol. The zero-order chi connectivity index (χ0) is 21.5. The van der Waals surface area contributed by atoms with Crippen molar-refractivity contribution in [2.24, 2.45) is 5.10 Å². The summed E-state index contributed by atoms with van der Waals surface area (Å²) in [6.07, 6.45) is 1.51. The van der Waals surface area contributed by atoms with Crippen LogP contribution in [0.15, 0.2) is 59.7 Å². The first-order chi connectivity index (χ1) is 14.5. The van der Waals surface area contributed by atoms with Gasteiger partial charge in [0.25, 0.3) is 5.91 Å². The third-order valence-corrected chi connectivity index (χ3v) is 4.28. The van der Waals surface area contributed by atoms with Crippen LogP contribution < -0.4 is 14.9 Å². The second-order valence-electron chi connectivity index (χ2n) is 6.44. The number of hydrazone groups is 1. The first kappa shape index (κ1) is 20.8. The van der Waals surface area contributed by atoms with E-state index in [1.54, 1.807) is 13.0 Å². The number of ether oxygens (including phenoxy) is 2. The highest BCUT2D eigenvalue weighted by Crippen LogP contribution is 2.28. The molecule has 8 nitrogen and oxygen atoms in total. The molecule has 0 atom stereocenters. The lowest BCUT2D eigenvalue weighted by molar-refractivity contribution is -0.385. The fourth-order valence-corrected chi connectivity index (χ4v) is 2.93. The maximum absolute atomic E-state index is 12.1. The van der Waals surface area contributed by atoms with Crippen LogP contribution in [0.4, 0.5) is 5.69 Å². The lowest BCUT2D eigenvalue weighted by atomic mass is 10.0. The van der Waals surface area contributed by atoms with Gasteiger partial charge in [0.05, 0.1) is 17.7 Å². The van der Waals surface area contributed by atoms with Gasteiger partial charge in [-0.3, -0.25) is 14.9 Å². The molecule has 3 aromatic carbocycles. The van der Waals surface area contributed by atoms with Gasteiger partial charge in [-0.25, -0.2) is 5.43 Å². The Morgan fingerprint density at radius 2 is 1.90 bits per heavy atom. The molecule has 3 aromatic rings. The van der Waals surface area contributed by atoms with Crippen molar-refractivity contribution < 1.29 is 19.2 Å². The van der Waals surface area contributed by atoms with Crippen LogP contribution in [-0.4, -0.2) is 30.3 Å². The Morgan fingerprint density at radius 3 is 2.67 bits per heavy atom. The lowest BCUT2D eigenvalue weighted by Crippen LogP contribution is -2.24. The number of amides is 1. The van der Waals surface area contributed by atoms with E-state index in [1.165, 1.54) is 18.3 Å². The number of nitrogens with one attached hydrogen (secondary N) is 1. The summed E-state index contributed by atoms with van der Waals surface area (Å²) in [6, 6.07) is 16.1. The Morgan fingerprint density at radius 1 is 1.13 bits per heavy atom. The number of aryl methyl sites for hydroxylation is 1. The minimum absolute atomic E-state index is 0.0254. The predicted octanol–water partition coefficient (Wildman–Crippen LogP) is 3.98. The molecule has 0 spiro atoms. The largest absolute Gasteiger partial charge is 0.493 e. The molecule has 0 heterocycles. The third kappa shape index (κ3) is 4.91. The average molecular weight is 407 g/mol. The Balaban J connectivity index is 1.70. The molecular formula is C22H21N3O5. The van der Waals surface area contributed by atoms with Gasteiger partial charge >= 0.3 is 5.69 Å². The molecule has 0 saturated heterocycles. The molecule has 0 unspecified atom stereocenters. The van der Waals surface area contributed by atoms with Gasteiger partial charge in [-0.2, -0.15) is 5.10 Å². The van der Waals surface area contributed by atoms with Gasteiger partial charge in [0.1, 0.15) is 5.75 Å². The summed E-state index contributed by atoms with van der Waals surface area (Å²) in [5.41, 5.74) is 3.65. The van der Waals surface area contributed by atoms with Gasteiger partial charge in [-0.15, -0.1) is 0 Å². The highest BCUT2D eigenvalue weighted by molar-refractivity contribution is 6.02. The van der Waals surface area contributed by atoms with Gasteiger partial charge in [0.2, 0.25) is 0 Å². The van der Waals surface area contributed by atoms with Crippen molar-refractivity contribution in [2.45, 2.75) is 13.8 Å². The molecule has 30 heavy (non-hydrogen) atoms. The van der Waals surface area contributed by atoms with Gasteiger partial charge in [-0.1, -0.05) is 36.4 Å². The summed E-state index contributed by atoms with van der Waals surface area (Å²) < 4.78 is 11.0. The maximum Gasteiger partial charge on any atom is 0.311 e. The van der Waals surface area contributed by atoms with Crippen molar-refractivity contribution in [2.75, 3.05) is 13.2 Å². The molecule has 0 radical (unpaired) electrons. The number of hydrogen-bond acceptors (Lipinski definition) is 6. The minimum Gasteiger partial charge on any atom is -0.493 e. The number of carbonyl (C=O) groups excluding carboxylic acids is 1. The van der Waals surface area contributed by atoms with E-state index in [0.29, 0.717) is 12.4 Å². The van der Waals surface area contributed by atoms with E-state index < -0.39 is 17.4 Å². The van der Waals surface area contributed by atoms with Crippen molar-refractivity contribution in [3.05, 3.63) is 75.8 Å². The van der Waals surface area contributed by atoms with Crippen LogP contribution >= 0.6 is 0 Å². The summed E-state index contributed by atoms with van der Waals surface area (Å²) in [5, 5.41) is 17.1. The molecule has 0 fully saturated rings. The number of carbonyl (C=O) groups is 1. The van der Waals surface area contributed by atoms with Gasteiger partial charge in [-0.05, 0) is 42.3 Å². The number of benzene rings is 3. The van der Waals surface area contributed by atoms with Crippen LogP contribution in [0.3, 0.4) is 0 Å². The Kier molecular flexibility index (Phi) is 6.59. The zero-order valence-electron chi connectivity index (χ0n) is 16.6. The Bertz CT molecular complexity index is 1110. The maximum atomic E-state index is 12.1. The summed E-state index contributed by atoms with van der Waals surface area (Å²) in [7, 11) is 0. The molecule has 154 valence electrons. The summed E-state index contributed by atoms with van der Waals surface area (Å²) in [5.74, 6) is 0.137. The number of nitro groups is 1. The van der Waals surface area contributed by atoms with E-state index in [4.69, 9.17) is 9.47 Å². The van der Waals surface area contributed by atoms with E-state index >= 15 is 0 Å². The number of hydrogen-bond donors (Lipinski definition) is 1. The van der Waals surface area contributed by atoms with Gasteiger partial charge in [0.15, 0.2) is 12.4 Å². The van der Waals surface area contributed by atoms with Crippen LogP contribution in [0, 0.1) is 17.0 Å². The number of rotatable bonds is 8. The highest BCUT2D eigenvalue weighted by atomic mass is 16.6. The molecular weight excluding hydrogens is 386 g/mol. The SMILES string of the molecule is CCOc1ccc2ccccc2c1/C=N/NC(=O)COc1ccc(C)cc1[N+](=O)[O-]. The van der Waals surface area contributed by atoms with Crippen LogP contribution in [0.5, 0.6) is 11.5 Å². The van der Waals surface area contributed by atoms with Crippen molar-refractivity contribution in [3.8, 4) is 11.5 Å². The van der Waals surface area contributed by atoms with Crippen LogP contribution in [-0.2, 0) is 4.79 Å². The third-order valence-electron chi connectivity index (χ3n) is 4.28. The smallest absolute Gasteiger partial charge is 0.311 e. The van der Waals surface area contributed by atoms with Crippen molar-refractivity contribution in [3.63, 3.8) is 0 Å². The van der Waals surface area contributed by atoms with E-state index in [-0.39, 0.29) is 11.4 Å². The van der Waals surface area contributed by atoms with Crippen molar-refractivity contribution >= 4 is 28.6 Å². The summed E-state index contributed by atoms with van der Waals surface area (Å²) >= 11 is 0. The molecule has 1 N–H and O–H groups in total. The van der Waals surface area contributed by atoms with E-state index in [9.17, 15) is 14.9 Å². The summed E-state index contributed by atoms with van der Waals surface area (Å²) in [6.45, 7) is 3.71. The monoisotopic (exact) mass is 407 g/mol. The summed E-state index contributed by atoms with van der Waals surface area (Å²) in [4.78, 5) is 22.7. The second-order valence-corrected chi connectivity index (χ2v) is 6.44. The van der Waals surface area contributed by atoms with Crippen LogP contribution in [0.25, 0.3) is 10.8 Å². The van der Waals surface area contributed by atoms with Gasteiger partial charge < -0.3 is 9.47 Å². The molecule has 0 aliphatic heterocycles. The number of fused-ring (bicyclic) bond motifs is 1. The molecule has 0 aliphatic rings. The molecule has 8 heteroatoms. The Hall–Kier alpha value is -3.94. The molecule has 0 bridgehead atoms. The Labute approximate surface area is 173 Å². The fourth-order valence-electron chi connectivity index (χ4n) is 2.93. The molecule has 0 aliphatic carbocycles. The average Bonchev–Trinajstić information content (AvgIpc) is 2.74. The normalized spacial score (nSPS) is 10.9. The van der Waals surface area contributed by atoms with Crippen LogP contribution in [0.1, 0.15) is 18.1 Å². The topological polar surface area (TPSA) is 103 Å².